The Kier molecular flexibility index (Phi) is 5.83. The third-order valence-corrected chi connectivity index (χ3v) is 3.92. The summed E-state index contributed by atoms with van der Waals surface area (Å²) in [4.78, 5) is 1.36. The Hall–Kier alpha value is -0.380. The van der Waals surface area contributed by atoms with Gasteiger partial charge in [0.05, 0.1) is 12.1 Å². The maximum absolute atomic E-state index is 6.03. The van der Waals surface area contributed by atoms with Gasteiger partial charge in [-0.25, -0.2) is 0 Å². The number of hydrogen-bond acceptors (Lipinski definition) is 3. The molecule has 1 aromatic heterocycles. The first-order valence-electron chi connectivity index (χ1n) is 6.80. The summed E-state index contributed by atoms with van der Waals surface area (Å²) in [7, 11) is 0. The monoisotopic (exact) mass is 269 g/mol. The highest BCUT2D eigenvalue weighted by Gasteiger charge is 2.33. The van der Waals surface area contributed by atoms with E-state index in [-0.39, 0.29) is 17.6 Å². The molecular formula is C15H27NOS. The minimum Gasteiger partial charge on any atom is -0.376 e. The molecule has 0 bridgehead atoms. The quantitative estimate of drug-likeness (QED) is 0.837. The third kappa shape index (κ3) is 4.08. The number of likely N-dealkylation sites (N-methyl/N-ethyl adjacent to an activating group) is 1. The molecule has 2 atom stereocenters. The van der Waals surface area contributed by atoms with Gasteiger partial charge in [-0.15, -0.1) is 11.3 Å². The summed E-state index contributed by atoms with van der Waals surface area (Å²) in [5.74, 6) is 0. The molecule has 0 radical (unpaired) electrons. The molecule has 0 aliphatic heterocycles. The van der Waals surface area contributed by atoms with Gasteiger partial charge in [0.1, 0.15) is 0 Å². The van der Waals surface area contributed by atoms with E-state index in [0.29, 0.717) is 0 Å². The molecule has 0 spiro atoms. The number of thiophene rings is 1. The first-order chi connectivity index (χ1) is 8.40. The van der Waals surface area contributed by atoms with Crippen LogP contribution in [0.15, 0.2) is 11.4 Å². The zero-order valence-electron chi connectivity index (χ0n) is 12.5. The van der Waals surface area contributed by atoms with E-state index >= 15 is 0 Å². The standard InChI is InChI=1S/C15H27NOS/c1-7-16-13(12-9-11(3)18-10-12)14(17-8-2)15(4,5)6/h9-10,13-14,16H,7-8H2,1-6H3. The highest BCUT2D eigenvalue weighted by Crippen LogP contribution is 2.34. The summed E-state index contributed by atoms with van der Waals surface area (Å²) in [6.45, 7) is 14.8. The number of aryl methyl sites for hydroxylation is 1. The summed E-state index contributed by atoms with van der Waals surface area (Å²) in [5.41, 5.74) is 1.48. The largest absolute Gasteiger partial charge is 0.376 e. The summed E-state index contributed by atoms with van der Waals surface area (Å²) in [6.07, 6.45) is 0.191. The molecule has 1 N–H and O–H groups in total. The lowest BCUT2D eigenvalue weighted by Crippen LogP contribution is -2.42. The van der Waals surface area contributed by atoms with Crippen molar-refractivity contribution in [2.45, 2.75) is 53.7 Å². The summed E-state index contributed by atoms with van der Waals surface area (Å²) < 4.78 is 6.03. The summed E-state index contributed by atoms with van der Waals surface area (Å²) >= 11 is 1.81. The minimum absolute atomic E-state index is 0.124. The minimum atomic E-state index is 0.124. The van der Waals surface area contributed by atoms with E-state index in [9.17, 15) is 0 Å². The molecule has 2 nitrogen and oxygen atoms in total. The van der Waals surface area contributed by atoms with Crippen molar-refractivity contribution in [1.29, 1.82) is 0 Å². The van der Waals surface area contributed by atoms with Crippen LogP contribution >= 0.6 is 11.3 Å². The van der Waals surface area contributed by atoms with Crippen molar-refractivity contribution in [3.63, 3.8) is 0 Å². The third-order valence-electron chi connectivity index (χ3n) is 3.04. The highest BCUT2D eigenvalue weighted by molar-refractivity contribution is 7.10. The average molecular weight is 269 g/mol. The van der Waals surface area contributed by atoms with Crippen LogP contribution in [0.5, 0.6) is 0 Å². The fourth-order valence-corrected chi connectivity index (χ4v) is 3.01. The fourth-order valence-electron chi connectivity index (χ4n) is 2.27. The van der Waals surface area contributed by atoms with Gasteiger partial charge >= 0.3 is 0 Å². The molecule has 0 amide bonds. The zero-order chi connectivity index (χ0) is 13.8. The Morgan fingerprint density at radius 3 is 2.39 bits per heavy atom. The van der Waals surface area contributed by atoms with Crippen LogP contribution in [0.2, 0.25) is 0 Å². The predicted molar refractivity (Wildman–Crippen MR) is 80.3 cm³/mol. The summed E-state index contributed by atoms with van der Waals surface area (Å²) in [5, 5.41) is 5.84. The van der Waals surface area contributed by atoms with E-state index < -0.39 is 0 Å². The highest BCUT2D eigenvalue weighted by atomic mass is 32.1. The van der Waals surface area contributed by atoms with E-state index in [1.165, 1.54) is 10.4 Å². The molecule has 18 heavy (non-hydrogen) atoms. The van der Waals surface area contributed by atoms with Crippen LogP contribution in [0, 0.1) is 12.3 Å². The molecule has 0 saturated heterocycles. The first-order valence-corrected chi connectivity index (χ1v) is 7.68. The Balaban J connectivity index is 3.00. The van der Waals surface area contributed by atoms with Crippen molar-refractivity contribution in [3.05, 3.63) is 21.9 Å². The van der Waals surface area contributed by atoms with Crippen molar-refractivity contribution >= 4 is 11.3 Å². The van der Waals surface area contributed by atoms with Gasteiger partial charge in [-0.3, -0.25) is 0 Å². The fraction of sp³-hybridized carbons (Fsp3) is 0.733. The molecular weight excluding hydrogens is 242 g/mol. The van der Waals surface area contributed by atoms with E-state index in [0.717, 1.165) is 13.2 Å². The maximum Gasteiger partial charge on any atom is 0.0817 e. The molecule has 0 aromatic carbocycles. The molecule has 0 fully saturated rings. The molecule has 0 aliphatic carbocycles. The number of nitrogens with one attached hydrogen (secondary N) is 1. The Labute approximate surface area is 116 Å². The molecule has 2 unspecified atom stereocenters. The maximum atomic E-state index is 6.03. The van der Waals surface area contributed by atoms with Crippen molar-refractivity contribution < 1.29 is 4.74 Å². The smallest absolute Gasteiger partial charge is 0.0817 e. The van der Waals surface area contributed by atoms with Crippen molar-refractivity contribution in [1.82, 2.24) is 5.32 Å². The molecule has 1 aromatic rings. The van der Waals surface area contributed by atoms with Crippen molar-refractivity contribution in [2.75, 3.05) is 13.2 Å². The molecule has 1 heterocycles. The lowest BCUT2D eigenvalue weighted by molar-refractivity contribution is -0.0362. The van der Waals surface area contributed by atoms with Crippen LogP contribution in [-0.4, -0.2) is 19.3 Å². The molecule has 0 aliphatic rings. The summed E-state index contributed by atoms with van der Waals surface area (Å²) in [6, 6.07) is 2.55. The SMILES string of the molecule is CCNC(c1csc(C)c1)C(OCC)C(C)(C)C. The Bertz CT molecular complexity index is 354. The number of rotatable bonds is 6. The average Bonchev–Trinajstić information content (AvgIpc) is 2.68. The van der Waals surface area contributed by atoms with Gasteiger partial charge < -0.3 is 10.1 Å². The first kappa shape index (κ1) is 15.7. The van der Waals surface area contributed by atoms with Gasteiger partial charge in [0.25, 0.3) is 0 Å². The Morgan fingerprint density at radius 2 is 2.00 bits per heavy atom. The van der Waals surface area contributed by atoms with E-state index in [1.807, 2.05) is 11.3 Å². The normalized spacial score (nSPS) is 15.7. The lowest BCUT2D eigenvalue weighted by atomic mass is 9.82. The van der Waals surface area contributed by atoms with Crippen LogP contribution in [0.25, 0.3) is 0 Å². The topological polar surface area (TPSA) is 21.3 Å². The molecule has 3 heteroatoms. The van der Waals surface area contributed by atoms with E-state index in [4.69, 9.17) is 4.74 Å². The second-order valence-electron chi connectivity index (χ2n) is 5.77. The van der Waals surface area contributed by atoms with Crippen LogP contribution < -0.4 is 5.32 Å². The van der Waals surface area contributed by atoms with Gasteiger partial charge in [-0.1, -0.05) is 27.7 Å². The second kappa shape index (κ2) is 6.69. The number of ether oxygens (including phenoxy) is 1. The zero-order valence-corrected chi connectivity index (χ0v) is 13.4. The Morgan fingerprint density at radius 1 is 1.33 bits per heavy atom. The van der Waals surface area contributed by atoms with Gasteiger partial charge in [-0.05, 0) is 42.8 Å². The van der Waals surface area contributed by atoms with Crippen molar-refractivity contribution in [3.8, 4) is 0 Å². The van der Waals surface area contributed by atoms with Crippen molar-refractivity contribution in [2.24, 2.45) is 5.41 Å². The second-order valence-corrected chi connectivity index (χ2v) is 6.88. The van der Waals surface area contributed by atoms with Crippen LogP contribution in [0.3, 0.4) is 0 Å². The predicted octanol–water partition coefficient (Wildman–Crippen LogP) is 4.16. The van der Waals surface area contributed by atoms with Gasteiger partial charge in [-0.2, -0.15) is 0 Å². The lowest BCUT2D eigenvalue weighted by Gasteiger charge is -2.37. The van der Waals surface area contributed by atoms with Gasteiger partial charge in [0.2, 0.25) is 0 Å². The van der Waals surface area contributed by atoms with Crippen LogP contribution in [-0.2, 0) is 4.74 Å². The molecule has 0 saturated carbocycles. The van der Waals surface area contributed by atoms with E-state index in [1.54, 1.807) is 0 Å². The van der Waals surface area contributed by atoms with Gasteiger partial charge in [0, 0.05) is 11.5 Å². The molecule has 1 rings (SSSR count). The van der Waals surface area contributed by atoms with Gasteiger partial charge in [0.15, 0.2) is 0 Å². The van der Waals surface area contributed by atoms with Crippen LogP contribution in [0.1, 0.15) is 51.1 Å². The van der Waals surface area contributed by atoms with Crippen LogP contribution in [0.4, 0.5) is 0 Å². The molecule has 104 valence electrons. The van der Waals surface area contributed by atoms with E-state index in [2.05, 4.69) is 58.3 Å². The number of hydrogen-bond donors (Lipinski definition) is 1.